The number of benzene rings is 3. The van der Waals surface area contributed by atoms with Gasteiger partial charge in [0.15, 0.2) is 0 Å². The van der Waals surface area contributed by atoms with E-state index in [1.54, 1.807) is 11.0 Å². The summed E-state index contributed by atoms with van der Waals surface area (Å²) in [6.45, 7) is 4.14. The Morgan fingerprint density at radius 3 is 2.53 bits per heavy atom. The summed E-state index contributed by atoms with van der Waals surface area (Å²) in [5, 5.41) is 12.7. The molecule has 2 heterocycles. The Kier molecular flexibility index (Phi) is 12.1. The first-order valence-electron chi connectivity index (χ1n) is 17.8. The largest absolute Gasteiger partial charge is 0.492 e. The third-order valence-electron chi connectivity index (χ3n) is 9.67. The summed E-state index contributed by atoms with van der Waals surface area (Å²) in [6, 6.07) is 20.4. The van der Waals surface area contributed by atoms with E-state index in [0.29, 0.717) is 55.1 Å². The van der Waals surface area contributed by atoms with Crippen molar-refractivity contribution in [1.82, 2.24) is 15.1 Å². The lowest BCUT2D eigenvalue weighted by Gasteiger charge is -2.45. The van der Waals surface area contributed by atoms with Gasteiger partial charge in [-0.1, -0.05) is 36.4 Å². The monoisotopic (exact) mass is 761 g/mol. The van der Waals surface area contributed by atoms with Crippen LogP contribution in [0.5, 0.6) is 11.5 Å². The van der Waals surface area contributed by atoms with Crippen LogP contribution in [0.4, 0.5) is 4.39 Å². The van der Waals surface area contributed by atoms with E-state index in [2.05, 4.69) is 45.5 Å². The van der Waals surface area contributed by atoms with Crippen molar-refractivity contribution >= 4 is 39.3 Å². The highest BCUT2D eigenvalue weighted by atomic mass is 79.9. The van der Waals surface area contributed by atoms with E-state index in [0.717, 1.165) is 53.7 Å². The van der Waals surface area contributed by atoms with Gasteiger partial charge in [-0.3, -0.25) is 14.4 Å². The maximum absolute atomic E-state index is 14.6. The van der Waals surface area contributed by atoms with Gasteiger partial charge in [-0.25, -0.2) is 4.39 Å². The van der Waals surface area contributed by atoms with Crippen molar-refractivity contribution in [3.8, 4) is 11.5 Å². The lowest BCUT2D eigenvalue weighted by Crippen LogP contribution is -2.62. The van der Waals surface area contributed by atoms with Crippen molar-refractivity contribution in [3.05, 3.63) is 99.3 Å². The highest BCUT2D eigenvalue weighted by Crippen LogP contribution is 2.37. The molecule has 2 amide bonds. The first-order chi connectivity index (χ1) is 24.6. The molecule has 0 unspecified atom stereocenters. The fourth-order valence-corrected chi connectivity index (χ4v) is 7.36. The Morgan fingerprint density at radius 1 is 0.980 bits per heavy atom. The highest BCUT2D eigenvalue weighted by molar-refractivity contribution is 9.10. The molecule has 0 spiro atoms. The summed E-state index contributed by atoms with van der Waals surface area (Å²) in [6.07, 6.45) is 4.42. The number of halogens is 2. The number of nitrogens with one attached hydrogen (secondary N) is 1. The molecule has 2 atom stereocenters. The summed E-state index contributed by atoms with van der Waals surface area (Å²) < 4.78 is 26.2. The van der Waals surface area contributed by atoms with Crippen LogP contribution >= 0.6 is 15.9 Å². The molecule has 270 valence electrons. The first kappa shape index (κ1) is 36.6. The lowest BCUT2D eigenvalue weighted by atomic mass is 9.82. The van der Waals surface area contributed by atoms with Crippen LogP contribution in [0, 0.1) is 12.7 Å². The SMILES string of the molecule is Cc1cccc(OCCN(C(=O)C2=C(c3ccc(CCCOc4cc(F)ccc4Br)cc3)C[C@@H]3CN(C(=O)CCCC(=O)O)C[C@H]2N3)C2CC2)c1. The zero-order valence-electron chi connectivity index (χ0n) is 28.9. The fraction of sp³-hybridized carbons (Fsp3) is 0.425. The molecule has 3 aromatic carbocycles. The summed E-state index contributed by atoms with van der Waals surface area (Å²) in [4.78, 5) is 42.6. The van der Waals surface area contributed by atoms with Crippen LogP contribution in [-0.4, -0.2) is 83.7 Å². The van der Waals surface area contributed by atoms with Gasteiger partial charge in [0.05, 0.1) is 23.7 Å². The predicted octanol–water partition coefficient (Wildman–Crippen LogP) is 6.56. The van der Waals surface area contributed by atoms with Gasteiger partial charge in [-0.2, -0.15) is 0 Å². The Balaban J connectivity index is 1.19. The average molecular weight is 763 g/mol. The molecule has 1 saturated heterocycles. The molecule has 51 heavy (non-hydrogen) atoms. The number of fused-ring (bicyclic) bond motifs is 2. The normalized spacial score (nSPS) is 18.4. The predicted molar refractivity (Wildman–Crippen MR) is 196 cm³/mol. The molecule has 2 bridgehead atoms. The minimum atomic E-state index is -0.913. The van der Waals surface area contributed by atoms with Gasteiger partial charge in [-0.15, -0.1) is 0 Å². The van der Waals surface area contributed by atoms with E-state index in [1.807, 2.05) is 36.1 Å². The summed E-state index contributed by atoms with van der Waals surface area (Å²) >= 11 is 3.40. The van der Waals surface area contributed by atoms with E-state index in [4.69, 9.17) is 14.6 Å². The number of amides is 2. The molecule has 0 radical (unpaired) electrons. The number of piperazine rings is 1. The Labute approximate surface area is 306 Å². The van der Waals surface area contributed by atoms with Gasteiger partial charge in [0, 0.05) is 49.7 Å². The van der Waals surface area contributed by atoms with Crippen LogP contribution in [0.1, 0.15) is 61.6 Å². The second kappa shape index (κ2) is 16.9. The number of carboxylic acid groups (broad SMARTS) is 1. The molecule has 3 aliphatic rings. The van der Waals surface area contributed by atoms with E-state index < -0.39 is 5.97 Å². The Hall–Kier alpha value is -4.22. The summed E-state index contributed by atoms with van der Waals surface area (Å²) in [5.74, 6) is -0.105. The van der Waals surface area contributed by atoms with E-state index >= 15 is 0 Å². The minimum Gasteiger partial charge on any atom is -0.492 e. The summed E-state index contributed by atoms with van der Waals surface area (Å²) in [5.41, 5.74) is 4.93. The van der Waals surface area contributed by atoms with E-state index in [9.17, 15) is 18.8 Å². The first-order valence-corrected chi connectivity index (χ1v) is 18.6. The molecule has 1 aliphatic carbocycles. The molecule has 6 rings (SSSR count). The number of aryl methyl sites for hydroxylation is 2. The number of rotatable bonds is 16. The molecular weight excluding hydrogens is 717 g/mol. The molecule has 11 heteroatoms. The lowest BCUT2D eigenvalue weighted by molar-refractivity contribution is -0.138. The van der Waals surface area contributed by atoms with Crippen molar-refractivity contribution in [2.24, 2.45) is 0 Å². The van der Waals surface area contributed by atoms with Crippen LogP contribution < -0.4 is 14.8 Å². The highest BCUT2D eigenvalue weighted by Gasteiger charge is 2.43. The van der Waals surface area contributed by atoms with Crippen molar-refractivity contribution in [3.63, 3.8) is 0 Å². The molecule has 2 fully saturated rings. The van der Waals surface area contributed by atoms with Crippen molar-refractivity contribution in [2.75, 3.05) is 32.8 Å². The van der Waals surface area contributed by atoms with Gasteiger partial charge >= 0.3 is 5.97 Å². The van der Waals surface area contributed by atoms with Crippen molar-refractivity contribution < 1.29 is 33.4 Å². The number of carbonyl (C=O) groups excluding carboxylic acids is 2. The van der Waals surface area contributed by atoms with Crippen LogP contribution in [0.3, 0.4) is 0 Å². The van der Waals surface area contributed by atoms with E-state index in [1.165, 1.54) is 12.1 Å². The topological polar surface area (TPSA) is 108 Å². The van der Waals surface area contributed by atoms with Gasteiger partial charge < -0.3 is 29.7 Å². The van der Waals surface area contributed by atoms with Crippen molar-refractivity contribution in [2.45, 2.75) is 76.4 Å². The van der Waals surface area contributed by atoms with Crippen LogP contribution in [0.2, 0.25) is 0 Å². The van der Waals surface area contributed by atoms with E-state index in [-0.39, 0.29) is 55.0 Å². The fourth-order valence-electron chi connectivity index (χ4n) is 7.00. The Morgan fingerprint density at radius 2 is 1.78 bits per heavy atom. The maximum atomic E-state index is 14.6. The van der Waals surface area contributed by atoms with Crippen LogP contribution in [0.15, 0.2) is 76.8 Å². The number of aliphatic carboxylic acids is 1. The number of hydrogen-bond donors (Lipinski definition) is 2. The molecule has 3 aromatic rings. The molecule has 2 N–H and O–H groups in total. The molecular formula is C40H45BrFN3O6. The third-order valence-corrected chi connectivity index (χ3v) is 10.3. The number of nitrogens with zero attached hydrogens (tertiary/aromatic N) is 2. The van der Waals surface area contributed by atoms with Gasteiger partial charge in [-0.05, 0) is 108 Å². The maximum Gasteiger partial charge on any atom is 0.303 e. The average Bonchev–Trinajstić information content (AvgIpc) is 3.95. The molecule has 2 aliphatic heterocycles. The zero-order valence-corrected chi connectivity index (χ0v) is 30.5. The number of ether oxygens (including phenoxy) is 2. The zero-order chi connectivity index (χ0) is 35.9. The van der Waals surface area contributed by atoms with Crippen LogP contribution in [-0.2, 0) is 20.8 Å². The van der Waals surface area contributed by atoms with Gasteiger partial charge in [0.2, 0.25) is 5.91 Å². The second-order valence-electron chi connectivity index (χ2n) is 13.7. The molecule has 9 nitrogen and oxygen atoms in total. The third kappa shape index (κ3) is 9.77. The Bertz CT molecular complexity index is 1760. The minimum absolute atomic E-state index is 0.0267. The summed E-state index contributed by atoms with van der Waals surface area (Å²) in [7, 11) is 0. The second-order valence-corrected chi connectivity index (χ2v) is 14.5. The number of carbonyl (C=O) groups is 3. The number of carboxylic acids is 1. The van der Waals surface area contributed by atoms with Crippen LogP contribution in [0.25, 0.3) is 5.57 Å². The number of hydrogen-bond acceptors (Lipinski definition) is 6. The quantitative estimate of drug-likeness (QED) is 0.159. The molecule has 1 saturated carbocycles. The molecule has 0 aromatic heterocycles. The van der Waals surface area contributed by atoms with Gasteiger partial charge in [0.25, 0.3) is 5.91 Å². The standard InChI is InChI=1S/C40H45BrFN3O6/c1-26-5-2-7-32(21-26)50-20-18-45(31-15-16-31)40(49)39-33(23-30-24-44(25-35(39)43-30)37(46)8-3-9-38(47)48)28-12-10-27(11-13-28)6-4-19-51-36-22-29(42)14-17-34(36)41/h2,5,7,10-14,17,21-22,30-31,35,43H,3-4,6,8-9,15-16,18-20,23-25H2,1H3,(H,47,48)/t30-,35-/m1/s1. The van der Waals surface area contributed by atoms with Crippen molar-refractivity contribution in [1.29, 1.82) is 0 Å². The smallest absolute Gasteiger partial charge is 0.303 e. The van der Waals surface area contributed by atoms with Gasteiger partial charge in [0.1, 0.15) is 23.9 Å².